The molecule has 0 aromatic carbocycles. The third-order valence-electron chi connectivity index (χ3n) is 4.22. The van der Waals surface area contributed by atoms with E-state index in [1.165, 1.54) is 19.3 Å². The standard InChI is InChI=1S/C11H18IO2/c1-12-14-11-5-8-2-9(6-11)4-10(13,3-8)7-11/h8-9,13H,2-7H2,1H3/q-1. The van der Waals surface area contributed by atoms with Crippen molar-refractivity contribution in [1.82, 2.24) is 0 Å². The van der Waals surface area contributed by atoms with Crippen LogP contribution in [0.15, 0.2) is 0 Å². The second kappa shape index (κ2) is 3.08. The monoisotopic (exact) mass is 309 g/mol. The Hall–Kier alpha value is 0.650. The molecule has 0 heterocycles. The molecule has 4 rings (SSSR count). The molecule has 0 amide bonds. The van der Waals surface area contributed by atoms with Crippen LogP contribution in [0.2, 0.25) is 0 Å². The number of hydrogen-bond acceptors (Lipinski definition) is 2. The normalized spacial score (nSPS) is 55.6. The fraction of sp³-hybridized carbons (Fsp3) is 1.00. The Balaban J connectivity index is 1.89. The van der Waals surface area contributed by atoms with Crippen molar-refractivity contribution in [3.8, 4) is 0 Å². The maximum atomic E-state index is 10.4. The van der Waals surface area contributed by atoms with Crippen molar-refractivity contribution in [2.75, 3.05) is 4.93 Å². The van der Waals surface area contributed by atoms with E-state index in [-0.39, 0.29) is 32.8 Å². The predicted octanol–water partition coefficient (Wildman–Crippen LogP) is -1.28. The van der Waals surface area contributed by atoms with Crippen LogP contribution in [0, 0.1) is 11.8 Å². The van der Waals surface area contributed by atoms with E-state index >= 15 is 0 Å². The fourth-order valence-corrected chi connectivity index (χ4v) is 5.83. The van der Waals surface area contributed by atoms with Gasteiger partial charge in [-0.2, -0.15) is 0 Å². The van der Waals surface area contributed by atoms with Crippen LogP contribution < -0.4 is 21.6 Å². The average Bonchev–Trinajstić information content (AvgIpc) is 1.97. The zero-order valence-electron chi connectivity index (χ0n) is 8.63. The Morgan fingerprint density at radius 3 is 2.36 bits per heavy atom. The van der Waals surface area contributed by atoms with Crippen LogP contribution in [-0.4, -0.2) is 21.2 Å². The van der Waals surface area contributed by atoms with E-state index in [4.69, 9.17) is 3.07 Å². The summed E-state index contributed by atoms with van der Waals surface area (Å²) in [5, 5.41) is 10.4. The molecule has 4 aliphatic carbocycles. The summed E-state index contributed by atoms with van der Waals surface area (Å²) in [6.07, 6.45) is 6.86. The minimum atomic E-state index is -0.344. The van der Waals surface area contributed by atoms with E-state index in [2.05, 4.69) is 4.93 Å². The molecule has 4 bridgehead atoms. The van der Waals surface area contributed by atoms with E-state index < -0.39 is 0 Å². The van der Waals surface area contributed by atoms with E-state index in [1.54, 1.807) is 0 Å². The molecule has 82 valence electrons. The third kappa shape index (κ3) is 1.43. The Morgan fingerprint density at radius 1 is 1.21 bits per heavy atom. The number of rotatable bonds is 2. The zero-order chi connectivity index (χ0) is 9.81. The van der Waals surface area contributed by atoms with Crippen molar-refractivity contribution in [3.05, 3.63) is 0 Å². The topological polar surface area (TPSA) is 29.5 Å². The van der Waals surface area contributed by atoms with Gasteiger partial charge in [0, 0.05) is 0 Å². The number of alkyl halides is 1. The summed E-state index contributed by atoms with van der Waals surface area (Å²) in [6, 6.07) is 0. The van der Waals surface area contributed by atoms with E-state index in [0.717, 1.165) is 31.1 Å². The van der Waals surface area contributed by atoms with Gasteiger partial charge in [0.1, 0.15) is 0 Å². The summed E-state index contributed by atoms with van der Waals surface area (Å²) in [6.45, 7) is 0. The van der Waals surface area contributed by atoms with Gasteiger partial charge in [0.2, 0.25) is 0 Å². The molecule has 0 saturated heterocycles. The van der Waals surface area contributed by atoms with Gasteiger partial charge in [0.25, 0.3) is 0 Å². The van der Waals surface area contributed by atoms with Crippen molar-refractivity contribution in [3.63, 3.8) is 0 Å². The molecule has 2 atom stereocenters. The summed E-state index contributed by atoms with van der Waals surface area (Å²) < 4.78 is 6.06. The Labute approximate surface area is 96.2 Å². The number of aliphatic hydroxyl groups is 1. The second-order valence-corrected chi connectivity index (χ2v) is 6.92. The fourth-order valence-electron chi connectivity index (χ4n) is 4.38. The van der Waals surface area contributed by atoms with Crippen LogP contribution in [0.5, 0.6) is 0 Å². The molecule has 0 radical (unpaired) electrons. The van der Waals surface area contributed by atoms with Gasteiger partial charge >= 0.3 is 96.3 Å². The van der Waals surface area contributed by atoms with Crippen molar-refractivity contribution in [1.29, 1.82) is 0 Å². The first-order valence-corrected chi connectivity index (χ1v) is 8.57. The Morgan fingerprint density at radius 2 is 1.86 bits per heavy atom. The molecular formula is C11H18IO2-. The van der Waals surface area contributed by atoms with Crippen LogP contribution in [0.25, 0.3) is 0 Å². The van der Waals surface area contributed by atoms with E-state index in [1.807, 2.05) is 0 Å². The first kappa shape index (κ1) is 9.85. The van der Waals surface area contributed by atoms with Crippen LogP contribution >= 0.6 is 0 Å². The molecule has 4 aliphatic rings. The molecule has 2 nitrogen and oxygen atoms in total. The van der Waals surface area contributed by atoms with Crippen molar-refractivity contribution in [2.24, 2.45) is 11.8 Å². The molecule has 0 aliphatic heterocycles. The Kier molecular flexibility index (Phi) is 2.16. The van der Waals surface area contributed by atoms with Crippen molar-refractivity contribution in [2.45, 2.75) is 49.7 Å². The summed E-state index contributed by atoms with van der Waals surface area (Å²) in [4.78, 5) is 2.18. The van der Waals surface area contributed by atoms with Gasteiger partial charge < -0.3 is 0 Å². The quantitative estimate of drug-likeness (QED) is 0.509. The number of halogens is 1. The summed E-state index contributed by atoms with van der Waals surface area (Å²) in [5.41, 5.74) is -0.232. The van der Waals surface area contributed by atoms with Gasteiger partial charge in [-0.25, -0.2) is 0 Å². The molecule has 3 heteroatoms. The summed E-state index contributed by atoms with van der Waals surface area (Å²) >= 11 is -0.0920. The van der Waals surface area contributed by atoms with E-state index in [9.17, 15) is 5.11 Å². The maximum absolute atomic E-state index is 10.4. The summed E-state index contributed by atoms with van der Waals surface area (Å²) in [5.74, 6) is 1.52. The second-order valence-electron chi connectivity index (χ2n) is 5.60. The van der Waals surface area contributed by atoms with Gasteiger partial charge in [0.05, 0.1) is 0 Å². The van der Waals surface area contributed by atoms with Crippen molar-refractivity contribution < 1.29 is 29.8 Å². The SMILES string of the molecule is C[I-]OC12CC3CC(CC(O)(C3)C1)C2. The Bertz CT molecular complexity index is 240. The predicted molar refractivity (Wildman–Crippen MR) is 49.4 cm³/mol. The van der Waals surface area contributed by atoms with Gasteiger partial charge in [-0.05, 0) is 0 Å². The minimum absolute atomic E-state index is 0.0920. The molecule has 4 saturated carbocycles. The van der Waals surface area contributed by atoms with Crippen molar-refractivity contribution >= 4 is 0 Å². The molecular weight excluding hydrogens is 291 g/mol. The molecule has 14 heavy (non-hydrogen) atoms. The van der Waals surface area contributed by atoms with Crippen LogP contribution in [-0.2, 0) is 3.07 Å². The molecule has 2 unspecified atom stereocenters. The summed E-state index contributed by atoms with van der Waals surface area (Å²) in [7, 11) is 0. The van der Waals surface area contributed by atoms with Gasteiger partial charge in [0.15, 0.2) is 0 Å². The van der Waals surface area contributed by atoms with Crippen LogP contribution in [0.4, 0.5) is 0 Å². The first-order chi connectivity index (χ1) is 6.63. The van der Waals surface area contributed by atoms with Gasteiger partial charge in [-0.15, -0.1) is 0 Å². The molecule has 4 fully saturated rings. The van der Waals surface area contributed by atoms with Gasteiger partial charge in [-0.3, -0.25) is 0 Å². The number of hydrogen-bond donors (Lipinski definition) is 1. The molecule has 1 N–H and O–H groups in total. The third-order valence-corrected chi connectivity index (χ3v) is 5.59. The van der Waals surface area contributed by atoms with Crippen LogP contribution in [0.1, 0.15) is 38.5 Å². The molecule has 0 aromatic heterocycles. The van der Waals surface area contributed by atoms with Gasteiger partial charge in [-0.1, -0.05) is 0 Å². The van der Waals surface area contributed by atoms with Crippen LogP contribution in [0.3, 0.4) is 0 Å². The molecule has 0 aromatic rings. The average molecular weight is 309 g/mol. The van der Waals surface area contributed by atoms with E-state index in [0.29, 0.717) is 0 Å². The molecule has 0 spiro atoms. The zero-order valence-corrected chi connectivity index (χ0v) is 10.8. The first-order valence-electron chi connectivity index (χ1n) is 5.53.